The van der Waals surface area contributed by atoms with Gasteiger partial charge in [-0.25, -0.2) is 4.18 Å². The Bertz CT molecular complexity index is 1320. The average Bonchev–Trinajstić information content (AvgIpc) is 3.32. The first-order valence-electron chi connectivity index (χ1n) is 28.7. The van der Waals surface area contributed by atoms with Crippen molar-refractivity contribution in [3.05, 3.63) is 24.3 Å². The van der Waals surface area contributed by atoms with Crippen molar-refractivity contribution in [3.63, 3.8) is 0 Å². The number of unbranched alkanes of at least 4 members (excludes halogenated alkanes) is 36. The molecule has 1 amide bonds. The van der Waals surface area contributed by atoms with Crippen molar-refractivity contribution >= 4 is 16.3 Å². The van der Waals surface area contributed by atoms with Crippen LogP contribution in [-0.4, -0.2) is 95.4 Å². The molecular formula is C56H107NO11S. The number of aliphatic hydroxyl groups is 4. The topological polar surface area (TPSA) is 192 Å². The van der Waals surface area contributed by atoms with Crippen LogP contribution in [0.4, 0.5) is 0 Å². The molecule has 7 unspecified atom stereocenters. The number of ether oxygens (including phenoxy) is 2. The van der Waals surface area contributed by atoms with Crippen LogP contribution in [0, 0.1) is 0 Å². The SMILES string of the molecule is CCCCCCCCC/C=C/C(O)C(COC1OC(CO)C(O)C(OS(=O)(=O)O)C1O)NC(=O)CCCCCCCCCCCCCCCCCCC/C=C\CCCCCCCCCCCCCC. The highest BCUT2D eigenvalue weighted by molar-refractivity contribution is 7.80. The Labute approximate surface area is 422 Å². The van der Waals surface area contributed by atoms with E-state index < -0.39 is 59.9 Å². The summed E-state index contributed by atoms with van der Waals surface area (Å²) >= 11 is 0. The molecule has 1 saturated heterocycles. The van der Waals surface area contributed by atoms with Gasteiger partial charge in [0.15, 0.2) is 6.29 Å². The van der Waals surface area contributed by atoms with Crippen LogP contribution in [0.1, 0.15) is 271 Å². The fraction of sp³-hybridized carbons (Fsp3) is 0.911. The first-order chi connectivity index (χ1) is 33.5. The van der Waals surface area contributed by atoms with Crippen molar-refractivity contribution in [2.24, 2.45) is 0 Å². The summed E-state index contributed by atoms with van der Waals surface area (Å²) in [7, 11) is -5.08. The minimum absolute atomic E-state index is 0.261. The van der Waals surface area contributed by atoms with Gasteiger partial charge in [-0.15, -0.1) is 0 Å². The van der Waals surface area contributed by atoms with Gasteiger partial charge in [-0.3, -0.25) is 9.35 Å². The summed E-state index contributed by atoms with van der Waals surface area (Å²) in [5.74, 6) is -0.261. The predicted molar refractivity (Wildman–Crippen MR) is 282 cm³/mol. The molecular weight excluding hydrogens is 895 g/mol. The van der Waals surface area contributed by atoms with Gasteiger partial charge in [0.05, 0.1) is 25.4 Å². The van der Waals surface area contributed by atoms with Crippen molar-refractivity contribution in [2.45, 2.75) is 314 Å². The molecule has 1 rings (SSSR count). The number of nitrogens with one attached hydrogen (secondary N) is 1. The van der Waals surface area contributed by atoms with E-state index in [1.165, 1.54) is 199 Å². The Balaban J connectivity index is 2.17. The van der Waals surface area contributed by atoms with Crippen LogP contribution in [0.2, 0.25) is 0 Å². The zero-order valence-corrected chi connectivity index (χ0v) is 45.0. The first-order valence-corrected chi connectivity index (χ1v) is 30.1. The van der Waals surface area contributed by atoms with E-state index in [9.17, 15) is 38.2 Å². The van der Waals surface area contributed by atoms with Gasteiger partial charge >= 0.3 is 10.4 Å². The Morgan fingerprint density at radius 3 is 1.30 bits per heavy atom. The van der Waals surface area contributed by atoms with E-state index >= 15 is 0 Å². The van der Waals surface area contributed by atoms with Crippen LogP contribution in [0.5, 0.6) is 0 Å². The van der Waals surface area contributed by atoms with Crippen molar-refractivity contribution in [1.29, 1.82) is 0 Å². The largest absolute Gasteiger partial charge is 0.397 e. The van der Waals surface area contributed by atoms with Gasteiger partial charge in [0, 0.05) is 6.42 Å². The maximum absolute atomic E-state index is 13.1. The molecule has 408 valence electrons. The Hall–Kier alpha value is -1.42. The van der Waals surface area contributed by atoms with Crippen LogP contribution >= 0.6 is 0 Å². The Morgan fingerprint density at radius 2 is 0.928 bits per heavy atom. The lowest BCUT2D eigenvalue weighted by atomic mass is 9.99. The number of aliphatic hydroxyl groups excluding tert-OH is 4. The monoisotopic (exact) mass is 1000 g/mol. The van der Waals surface area contributed by atoms with Gasteiger partial charge in [0.1, 0.15) is 24.4 Å². The molecule has 12 nitrogen and oxygen atoms in total. The van der Waals surface area contributed by atoms with E-state index in [1.54, 1.807) is 6.08 Å². The number of hydrogen-bond acceptors (Lipinski definition) is 10. The molecule has 1 aliphatic heterocycles. The van der Waals surface area contributed by atoms with E-state index in [0.29, 0.717) is 6.42 Å². The summed E-state index contributed by atoms with van der Waals surface area (Å²) < 4.78 is 47.6. The quantitative estimate of drug-likeness (QED) is 0.0193. The number of rotatable bonds is 50. The van der Waals surface area contributed by atoms with Gasteiger partial charge in [0.25, 0.3) is 0 Å². The predicted octanol–water partition coefficient (Wildman–Crippen LogP) is 13.2. The van der Waals surface area contributed by atoms with Gasteiger partial charge < -0.3 is 35.2 Å². The molecule has 13 heteroatoms. The van der Waals surface area contributed by atoms with Crippen LogP contribution in [0.25, 0.3) is 0 Å². The number of allylic oxidation sites excluding steroid dienone is 3. The van der Waals surface area contributed by atoms with Crippen LogP contribution in [0.3, 0.4) is 0 Å². The highest BCUT2D eigenvalue weighted by atomic mass is 32.3. The maximum Gasteiger partial charge on any atom is 0.397 e. The fourth-order valence-corrected chi connectivity index (χ4v) is 9.78. The summed E-state index contributed by atoms with van der Waals surface area (Å²) in [6, 6.07) is -0.940. The third kappa shape index (κ3) is 38.8. The van der Waals surface area contributed by atoms with Crippen molar-refractivity contribution in [3.8, 4) is 0 Å². The second-order valence-corrected chi connectivity index (χ2v) is 21.3. The molecule has 0 aromatic heterocycles. The fourth-order valence-electron chi connectivity index (χ4n) is 9.28. The highest BCUT2D eigenvalue weighted by Crippen LogP contribution is 2.26. The summed E-state index contributed by atoms with van der Waals surface area (Å²) in [5.41, 5.74) is 0. The molecule has 0 aliphatic carbocycles. The molecule has 6 N–H and O–H groups in total. The van der Waals surface area contributed by atoms with E-state index in [1.807, 2.05) is 6.08 Å². The minimum atomic E-state index is -5.08. The summed E-state index contributed by atoms with van der Waals surface area (Å²) in [5, 5.41) is 44.7. The summed E-state index contributed by atoms with van der Waals surface area (Å²) in [6.07, 6.45) is 48.5. The maximum atomic E-state index is 13.1. The average molecular weight is 1000 g/mol. The van der Waals surface area contributed by atoms with E-state index in [4.69, 9.17) is 9.47 Å². The lowest BCUT2D eigenvalue weighted by molar-refractivity contribution is -0.298. The molecule has 7 atom stereocenters. The van der Waals surface area contributed by atoms with Crippen LogP contribution in [0.15, 0.2) is 24.3 Å². The van der Waals surface area contributed by atoms with Crippen molar-refractivity contribution in [1.82, 2.24) is 5.32 Å². The van der Waals surface area contributed by atoms with Gasteiger partial charge in [-0.2, -0.15) is 8.42 Å². The summed E-state index contributed by atoms with van der Waals surface area (Å²) in [6.45, 7) is 3.37. The summed E-state index contributed by atoms with van der Waals surface area (Å²) in [4.78, 5) is 13.1. The zero-order valence-electron chi connectivity index (χ0n) is 44.1. The number of carbonyl (C=O) groups is 1. The normalized spacial score (nSPS) is 19.8. The molecule has 0 aromatic rings. The molecule has 69 heavy (non-hydrogen) atoms. The van der Waals surface area contributed by atoms with E-state index in [2.05, 4.69) is 35.5 Å². The Morgan fingerprint density at radius 1 is 0.565 bits per heavy atom. The van der Waals surface area contributed by atoms with Crippen LogP contribution in [-0.2, 0) is 28.9 Å². The molecule has 0 radical (unpaired) electrons. The number of amides is 1. The van der Waals surface area contributed by atoms with Crippen molar-refractivity contribution in [2.75, 3.05) is 13.2 Å². The lowest BCUT2D eigenvalue weighted by Crippen LogP contribution is -2.61. The molecule has 1 heterocycles. The molecule has 1 fully saturated rings. The van der Waals surface area contributed by atoms with Gasteiger partial charge in [-0.05, 0) is 44.9 Å². The van der Waals surface area contributed by atoms with Gasteiger partial charge in [-0.1, -0.05) is 244 Å². The first kappa shape index (κ1) is 65.6. The molecule has 0 spiro atoms. The van der Waals surface area contributed by atoms with E-state index in [-0.39, 0.29) is 18.9 Å². The lowest BCUT2D eigenvalue weighted by Gasteiger charge is -2.41. The molecule has 0 aromatic carbocycles. The van der Waals surface area contributed by atoms with Crippen LogP contribution < -0.4 is 5.32 Å². The molecule has 1 aliphatic rings. The minimum Gasteiger partial charge on any atom is -0.394 e. The second kappa shape index (κ2) is 46.4. The number of carbonyl (C=O) groups excluding carboxylic acids is 1. The second-order valence-electron chi connectivity index (χ2n) is 20.2. The highest BCUT2D eigenvalue weighted by Gasteiger charge is 2.48. The molecule has 0 bridgehead atoms. The Kier molecular flexibility index (Phi) is 44.1. The zero-order chi connectivity index (χ0) is 50.5. The van der Waals surface area contributed by atoms with E-state index in [0.717, 1.165) is 44.9 Å². The van der Waals surface area contributed by atoms with Gasteiger partial charge in [0.2, 0.25) is 5.91 Å². The third-order valence-corrected chi connectivity index (χ3v) is 14.2. The standard InChI is InChI=1S/C56H107NO11S/c1-3-5-7-9-11-13-14-15-16-17-18-19-20-21-22-23-24-25-26-27-28-29-30-31-32-33-34-35-36-38-40-42-44-46-52(60)57-49(50(59)45-43-41-39-37-12-10-8-6-4-2)48-66-56-54(62)55(68-69(63,64)65)53(61)51(47-58)67-56/h21-22,43,45,49-51,53-56,58-59,61-62H,3-20,23-42,44,46-48H2,1-2H3,(H,57,60)(H,63,64,65)/b22-21-,45-43+. The molecule has 0 saturated carbocycles. The number of hydrogen-bond donors (Lipinski definition) is 6. The van der Waals surface area contributed by atoms with Crippen molar-refractivity contribution < 1.29 is 51.8 Å². The third-order valence-electron chi connectivity index (χ3n) is 13.7. The smallest absolute Gasteiger partial charge is 0.394 e.